The Labute approximate surface area is 121 Å². The van der Waals surface area contributed by atoms with E-state index >= 15 is 0 Å². The van der Waals surface area contributed by atoms with E-state index < -0.39 is 11.2 Å². The van der Waals surface area contributed by atoms with Gasteiger partial charge in [0.1, 0.15) is 0 Å². The molecule has 0 amide bonds. The van der Waals surface area contributed by atoms with Crippen LogP contribution in [0.2, 0.25) is 38.3 Å². The van der Waals surface area contributed by atoms with Gasteiger partial charge in [-0.15, -0.1) is 0 Å². The maximum atomic E-state index is 2.69. The Morgan fingerprint density at radius 1 is 0.647 bits per heavy atom. The summed E-state index contributed by atoms with van der Waals surface area (Å²) >= 11 is 0.377. The second-order valence-electron chi connectivity index (χ2n) is 6.54. The van der Waals surface area contributed by atoms with E-state index in [1.54, 1.807) is 12.1 Å². The average Bonchev–Trinajstić information content (AvgIpc) is 2.16. The number of rotatable bonds is 10. The topological polar surface area (TPSA) is 0 Å². The SMILES string of the molecule is CCCCC[Si](C)(C)[Te][Si](C)(C)CCCCC. The van der Waals surface area contributed by atoms with E-state index in [0.717, 1.165) is 0 Å². The Kier molecular flexibility index (Phi) is 9.84. The summed E-state index contributed by atoms with van der Waals surface area (Å²) in [5.41, 5.74) is -1.49. The van der Waals surface area contributed by atoms with Crippen LogP contribution >= 0.6 is 0 Å². The van der Waals surface area contributed by atoms with Crippen molar-refractivity contribution in [1.29, 1.82) is 0 Å². The monoisotopic (exact) mass is 388 g/mol. The minimum absolute atomic E-state index is 0.377. The van der Waals surface area contributed by atoms with Gasteiger partial charge in [0.2, 0.25) is 0 Å². The van der Waals surface area contributed by atoms with Gasteiger partial charge in [0.25, 0.3) is 0 Å². The fourth-order valence-corrected chi connectivity index (χ4v) is 57.6. The predicted octanol–water partition coefficient (Wildman–Crippen LogP) is 5.48. The van der Waals surface area contributed by atoms with Crippen LogP contribution in [0.5, 0.6) is 0 Å². The summed E-state index contributed by atoms with van der Waals surface area (Å²) in [7, 11) is 0. The molecular formula is C14H34Si2Te. The Balaban J connectivity index is 3.99. The van der Waals surface area contributed by atoms with Crippen molar-refractivity contribution in [2.45, 2.75) is 90.6 Å². The van der Waals surface area contributed by atoms with Crippen molar-refractivity contribution in [3.63, 3.8) is 0 Å². The molecule has 0 aromatic carbocycles. The van der Waals surface area contributed by atoms with E-state index in [1.165, 1.54) is 38.5 Å². The molecule has 0 rings (SSSR count). The van der Waals surface area contributed by atoms with Crippen LogP contribution in [0.25, 0.3) is 0 Å². The standard InChI is InChI=1S/C14H34Si2Te/c1-7-9-11-13-15(3,4)17-16(5,6)14-12-10-8-2/h7-14H2,1-6H3. The van der Waals surface area contributed by atoms with E-state index in [-0.39, 0.29) is 0 Å². The Bertz CT molecular complexity index is 171. The molecule has 0 bridgehead atoms. The molecule has 0 atom stereocenters. The molecule has 0 aliphatic carbocycles. The first kappa shape index (κ1) is 18.2. The average molecular weight is 386 g/mol. The zero-order chi connectivity index (χ0) is 13.4. The van der Waals surface area contributed by atoms with E-state index in [1.807, 2.05) is 0 Å². The number of hydrogen-bond donors (Lipinski definition) is 0. The molecule has 0 aliphatic heterocycles. The van der Waals surface area contributed by atoms with Gasteiger partial charge in [0.05, 0.1) is 0 Å². The van der Waals surface area contributed by atoms with Crippen LogP contribution < -0.4 is 0 Å². The van der Waals surface area contributed by atoms with Gasteiger partial charge in [-0.05, 0) is 0 Å². The zero-order valence-electron chi connectivity index (χ0n) is 13.1. The van der Waals surface area contributed by atoms with Crippen LogP contribution in [0, 0.1) is 0 Å². The predicted molar refractivity (Wildman–Crippen MR) is 89.4 cm³/mol. The van der Waals surface area contributed by atoms with Crippen molar-refractivity contribution < 1.29 is 0 Å². The number of hydrogen-bond acceptors (Lipinski definition) is 0. The van der Waals surface area contributed by atoms with Gasteiger partial charge in [0, 0.05) is 0 Å². The Morgan fingerprint density at radius 2 is 1.00 bits per heavy atom. The first-order valence-electron chi connectivity index (χ1n) is 7.53. The quantitative estimate of drug-likeness (QED) is 0.345. The van der Waals surface area contributed by atoms with Crippen molar-refractivity contribution in [2.75, 3.05) is 0 Å². The Hall–Kier alpha value is 1.22. The first-order chi connectivity index (χ1) is 7.83. The van der Waals surface area contributed by atoms with Gasteiger partial charge >= 0.3 is 121 Å². The third-order valence-electron chi connectivity index (χ3n) is 3.32. The molecule has 0 saturated heterocycles. The van der Waals surface area contributed by atoms with E-state index in [4.69, 9.17) is 0 Å². The van der Waals surface area contributed by atoms with Gasteiger partial charge in [0.15, 0.2) is 0 Å². The minimum atomic E-state index is -0.744. The Morgan fingerprint density at radius 3 is 1.29 bits per heavy atom. The van der Waals surface area contributed by atoms with E-state index in [0.29, 0.717) is 19.3 Å². The number of unbranched alkanes of at least 4 members (excludes halogenated alkanes) is 4. The van der Waals surface area contributed by atoms with Crippen molar-refractivity contribution >= 4 is 30.6 Å². The van der Waals surface area contributed by atoms with Gasteiger partial charge < -0.3 is 0 Å². The van der Waals surface area contributed by atoms with E-state index in [9.17, 15) is 0 Å². The molecule has 0 nitrogen and oxygen atoms in total. The van der Waals surface area contributed by atoms with Gasteiger partial charge in [-0.2, -0.15) is 0 Å². The van der Waals surface area contributed by atoms with Crippen LogP contribution in [-0.2, 0) is 0 Å². The summed E-state index contributed by atoms with van der Waals surface area (Å²) in [5.74, 6) is 0. The van der Waals surface area contributed by atoms with E-state index in [2.05, 4.69) is 40.0 Å². The second-order valence-corrected chi connectivity index (χ2v) is 39.6. The van der Waals surface area contributed by atoms with Crippen molar-refractivity contribution in [3.05, 3.63) is 0 Å². The second kappa shape index (κ2) is 9.18. The molecule has 0 N–H and O–H groups in total. The molecule has 0 heterocycles. The molecule has 0 radical (unpaired) electrons. The molecule has 3 heteroatoms. The first-order valence-corrected chi connectivity index (χ1v) is 20.8. The van der Waals surface area contributed by atoms with Crippen LogP contribution in [0.15, 0.2) is 0 Å². The van der Waals surface area contributed by atoms with Crippen molar-refractivity contribution in [2.24, 2.45) is 0 Å². The molecule has 0 unspecified atom stereocenters. The summed E-state index contributed by atoms with van der Waals surface area (Å²) in [4.78, 5) is 0. The summed E-state index contributed by atoms with van der Waals surface area (Å²) in [6, 6.07) is 3.26. The summed E-state index contributed by atoms with van der Waals surface area (Å²) in [6.07, 6.45) is 8.78. The summed E-state index contributed by atoms with van der Waals surface area (Å²) in [6.45, 7) is 15.4. The van der Waals surface area contributed by atoms with Crippen molar-refractivity contribution in [3.8, 4) is 0 Å². The molecule has 0 aromatic heterocycles. The summed E-state index contributed by atoms with van der Waals surface area (Å²) in [5, 5.41) is 0. The molecular weight excluding hydrogens is 352 g/mol. The molecule has 0 saturated carbocycles. The van der Waals surface area contributed by atoms with Crippen molar-refractivity contribution in [1.82, 2.24) is 0 Å². The van der Waals surface area contributed by atoms with Gasteiger partial charge in [-0.1, -0.05) is 0 Å². The normalized spacial score (nSPS) is 13.1. The summed E-state index contributed by atoms with van der Waals surface area (Å²) < 4.78 is 0. The molecule has 17 heavy (non-hydrogen) atoms. The van der Waals surface area contributed by atoms with Crippen LogP contribution in [0.1, 0.15) is 52.4 Å². The zero-order valence-corrected chi connectivity index (χ0v) is 17.4. The van der Waals surface area contributed by atoms with Crippen LogP contribution in [0.4, 0.5) is 0 Å². The fraction of sp³-hybridized carbons (Fsp3) is 1.00. The van der Waals surface area contributed by atoms with Crippen LogP contribution in [-0.4, -0.2) is 30.6 Å². The molecule has 0 aliphatic rings. The van der Waals surface area contributed by atoms with Crippen LogP contribution in [0.3, 0.4) is 0 Å². The maximum absolute atomic E-state index is 2.69. The third-order valence-corrected chi connectivity index (χ3v) is 42.7. The molecule has 104 valence electrons. The van der Waals surface area contributed by atoms with Gasteiger partial charge in [-0.25, -0.2) is 0 Å². The molecule has 0 aromatic rings. The fourth-order valence-electron chi connectivity index (χ4n) is 2.45. The molecule has 0 fully saturated rings. The van der Waals surface area contributed by atoms with Gasteiger partial charge in [-0.3, -0.25) is 0 Å². The third kappa shape index (κ3) is 10.8. The molecule has 0 spiro atoms.